The maximum atomic E-state index is 12.4. The highest BCUT2D eigenvalue weighted by Gasteiger charge is 2.14. The molecular weight excluding hydrogens is 250 g/mol. The molecule has 0 spiro atoms. The minimum absolute atomic E-state index is 0.0581. The second-order valence-corrected chi connectivity index (χ2v) is 4.98. The van der Waals surface area contributed by atoms with Gasteiger partial charge in [-0.05, 0) is 18.7 Å². The predicted octanol–water partition coefficient (Wildman–Crippen LogP) is 3.19. The van der Waals surface area contributed by atoms with E-state index in [0.717, 1.165) is 29.4 Å². The van der Waals surface area contributed by atoms with Gasteiger partial charge in [-0.3, -0.25) is 4.79 Å². The Hall–Kier alpha value is -2.10. The molecule has 0 aliphatic carbocycles. The fourth-order valence-corrected chi connectivity index (χ4v) is 2.38. The van der Waals surface area contributed by atoms with Gasteiger partial charge in [-0.25, -0.2) is 4.98 Å². The fourth-order valence-electron chi connectivity index (χ4n) is 2.38. The molecule has 1 atom stereocenters. The van der Waals surface area contributed by atoms with Gasteiger partial charge in [0.25, 0.3) is 5.91 Å². The molecule has 1 amide bonds. The monoisotopic (exact) mass is 271 g/mol. The van der Waals surface area contributed by atoms with Gasteiger partial charge < -0.3 is 10.6 Å². The molecule has 4 heteroatoms. The SMILES string of the molecule is CCCC(C)NC(=O)c1cnc(NC)c2ccccc12. The van der Waals surface area contributed by atoms with Crippen LogP contribution in [0.15, 0.2) is 30.5 Å². The van der Waals surface area contributed by atoms with E-state index in [4.69, 9.17) is 0 Å². The van der Waals surface area contributed by atoms with Gasteiger partial charge in [0.05, 0.1) is 5.56 Å². The van der Waals surface area contributed by atoms with E-state index in [9.17, 15) is 4.79 Å². The first-order valence-electron chi connectivity index (χ1n) is 7.03. The number of rotatable bonds is 5. The van der Waals surface area contributed by atoms with Crippen molar-refractivity contribution >= 4 is 22.5 Å². The number of nitrogens with zero attached hydrogens (tertiary/aromatic N) is 1. The van der Waals surface area contributed by atoms with Crippen LogP contribution in [-0.2, 0) is 0 Å². The summed E-state index contributed by atoms with van der Waals surface area (Å²) in [7, 11) is 1.83. The first-order valence-corrected chi connectivity index (χ1v) is 7.03. The molecule has 0 saturated heterocycles. The highest BCUT2D eigenvalue weighted by Crippen LogP contribution is 2.24. The Bertz CT molecular complexity index is 610. The molecule has 106 valence electrons. The van der Waals surface area contributed by atoms with Crippen molar-refractivity contribution in [2.24, 2.45) is 0 Å². The number of carbonyl (C=O) groups excluding carboxylic acids is 1. The van der Waals surface area contributed by atoms with Gasteiger partial charge in [0.1, 0.15) is 5.82 Å². The second kappa shape index (κ2) is 6.37. The van der Waals surface area contributed by atoms with E-state index in [1.807, 2.05) is 38.2 Å². The number of pyridine rings is 1. The number of carbonyl (C=O) groups is 1. The molecule has 2 N–H and O–H groups in total. The molecule has 0 fully saturated rings. The fraction of sp³-hybridized carbons (Fsp3) is 0.375. The largest absolute Gasteiger partial charge is 0.373 e. The van der Waals surface area contributed by atoms with Crippen molar-refractivity contribution in [1.82, 2.24) is 10.3 Å². The highest BCUT2D eigenvalue weighted by atomic mass is 16.1. The summed E-state index contributed by atoms with van der Waals surface area (Å²) in [6.07, 6.45) is 3.67. The van der Waals surface area contributed by atoms with Gasteiger partial charge in [0.2, 0.25) is 0 Å². The van der Waals surface area contributed by atoms with Gasteiger partial charge >= 0.3 is 0 Å². The number of fused-ring (bicyclic) bond motifs is 1. The molecule has 0 bridgehead atoms. The summed E-state index contributed by atoms with van der Waals surface area (Å²) in [4.78, 5) is 16.7. The Morgan fingerprint density at radius 1 is 1.30 bits per heavy atom. The molecule has 0 saturated carbocycles. The molecule has 1 aromatic heterocycles. The third-order valence-corrected chi connectivity index (χ3v) is 3.38. The number of hydrogen-bond donors (Lipinski definition) is 2. The molecule has 2 aromatic rings. The molecule has 0 aliphatic rings. The van der Waals surface area contributed by atoms with E-state index < -0.39 is 0 Å². The van der Waals surface area contributed by atoms with Gasteiger partial charge in [0, 0.05) is 24.7 Å². The van der Waals surface area contributed by atoms with Crippen molar-refractivity contribution in [2.45, 2.75) is 32.7 Å². The quantitative estimate of drug-likeness (QED) is 0.878. The zero-order chi connectivity index (χ0) is 14.5. The first kappa shape index (κ1) is 14.3. The lowest BCUT2D eigenvalue weighted by molar-refractivity contribution is 0.0939. The molecular formula is C16H21N3O. The normalized spacial score (nSPS) is 12.2. The number of aromatic nitrogens is 1. The van der Waals surface area contributed by atoms with Crippen LogP contribution in [0, 0.1) is 0 Å². The zero-order valence-electron chi connectivity index (χ0n) is 12.2. The Kier molecular flexibility index (Phi) is 4.56. The minimum atomic E-state index is -0.0581. The molecule has 1 aromatic carbocycles. The van der Waals surface area contributed by atoms with Crippen LogP contribution in [0.5, 0.6) is 0 Å². The van der Waals surface area contributed by atoms with Crippen molar-refractivity contribution < 1.29 is 4.79 Å². The third-order valence-electron chi connectivity index (χ3n) is 3.38. The van der Waals surface area contributed by atoms with Crippen molar-refractivity contribution in [3.05, 3.63) is 36.0 Å². The summed E-state index contributed by atoms with van der Waals surface area (Å²) in [5.41, 5.74) is 0.627. The lowest BCUT2D eigenvalue weighted by Crippen LogP contribution is -2.32. The van der Waals surface area contributed by atoms with Crippen molar-refractivity contribution in [1.29, 1.82) is 0 Å². The van der Waals surface area contributed by atoms with Crippen LogP contribution in [0.3, 0.4) is 0 Å². The molecule has 0 aliphatic heterocycles. The van der Waals surface area contributed by atoms with Crippen molar-refractivity contribution in [3.63, 3.8) is 0 Å². The minimum Gasteiger partial charge on any atom is -0.373 e. The van der Waals surface area contributed by atoms with Crippen LogP contribution >= 0.6 is 0 Å². The van der Waals surface area contributed by atoms with E-state index in [2.05, 4.69) is 22.5 Å². The molecule has 1 heterocycles. The Morgan fingerprint density at radius 2 is 2.00 bits per heavy atom. The van der Waals surface area contributed by atoms with Gasteiger partial charge in [-0.1, -0.05) is 37.6 Å². The molecule has 2 rings (SSSR count). The van der Waals surface area contributed by atoms with Crippen LogP contribution < -0.4 is 10.6 Å². The summed E-state index contributed by atoms with van der Waals surface area (Å²) in [5.74, 6) is 0.732. The average molecular weight is 271 g/mol. The summed E-state index contributed by atoms with van der Waals surface area (Å²) >= 11 is 0. The molecule has 1 unspecified atom stereocenters. The van der Waals surface area contributed by atoms with Gasteiger partial charge in [-0.2, -0.15) is 0 Å². The summed E-state index contributed by atoms with van der Waals surface area (Å²) in [6, 6.07) is 7.99. The maximum Gasteiger partial charge on any atom is 0.253 e. The standard InChI is InChI=1S/C16H21N3O/c1-4-7-11(2)19-16(20)14-10-18-15(17-3)13-9-6-5-8-12(13)14/h5-6,8-11H,4,7H2,1-3H3,(H,17,18)(H,19,20). The number of hydrogen-bond acceptors (Lipinski definition) is 3. The van der Waals surface area contributed by atoms with E-state index >= 15 is 0 Å². The lowest BCUT2D eigenvalue weighted by Gasteiger charge is -2.14. The Balaban J connectivity index is 2.37. The average Bonchev–Trinajstić information content (AvgIpc) is 2.46. The van der Waals surface area contributed by atoms with E-state index in [1.165, 1.54) is 0 Å². The first-order chi connectivity index (χ1) is 9.67. The smallest absolute Gasteiger partial charge is 0.253 e. The van der Waals surface area contributed by atoms with Crippen LogP contribution in [0.2, 0.25) is 0 Å². The summed E-state index contributed by atoms with van der Waals surface area (Å²) in [6.45, 7) is 4.14. The molecule has 4 nitrogen and oxygen atoms in total. The van der Waals surface area contributed by atoms with Crippen LogP contribution in [0.25, 0.3) is 10.8 Å². The molecule has 20 heavy (non-hydrogen) atoms. The lowest BCUT2D eigenvalue weighted by atomic mass is 10.1. The third kappa shape index (κ3) is 2.90. The van der Waals surface area contributed by atoms with Crippen LogP contribution in [-0.4, -0.2) is 24.0 Å². The van der Waals surface area contributed by atoms with E-state index in [1.54, 1.807) is 6.20 Å². The van der Waals surface area contributed by atoms with Crippen molar-refractivity contribution in [2.75, 3.05) is 12.4 Å². The number of nitrogens with one attached hydrogen (secondary N) is 2. The zero-order valence-corrected chi connectivity index (χ0v) is 12.2. The van der Waals surface area contributed by atoms with Crippen molar-refractivity contribution in [3.8, 4) is 0 Å². The number of amides is 1. The predicted molar refractivity (Wildman–Crippen MR) is 83.1 cm³/mol. The highest BCUT2D eigenvalue weighted by molar-refractivity contribution is 6.09. The second-order valence-electron chi connectivity index (χ2n) is 4.98. The molecule has 0 radical (unpaired) electrons. The van der Waals surface area contributed by atoms with E-state index in [-0.39, 0.29) is 11.9 Å². The Morgan fingerprint density at radius 3 is 2.65 bits per heavy atom. The van der Waals surface area contributed by atoms with Gasteiger partial charge in [-0.15, -0.1) is 0 Å². The summed E-state index contributed by atoms with van der Waals surface area (Å²) in [5, 5.41) is 7.97. The number of benzene rings is 1. The summed E-state index contributed by atoms with van der Waals surface area (Å²) < 4.78 is 0. The maximum absolute atomic E-state index is 12.4. The van der Waals surface area contributed by atoms with Crippen LogP contribution in [0.4, 0.5) is 5.82 Å². The Labute approximate surface area is 119 Å². The van der Waals surface area contributed by atoms with Gasteiger partial charge in [0.15, 0.2) is 0 Å². The van der Waals surface area contributed by atoms with Crippen LogP contribution in [0.1, 0.15) is 37.0 Å². The topological polar surface area (TPSA) is 54.0 Å². The van der Waals surface area contributed by atoms with E-state index in [0.29, 0.717) is 5.56 Å². The number of anilines is 1.